The average Bonchev–Trinajstić information content (AvgIpc) is 3.55. The number of amides is 1. The van der Waals surface area contributed by atoms with E-state index in [-0.39, 0.29) is 11.9 Å². The molecule has 0 spiro atoms. The molecule has 1 aliphatic heterocycles. The number of aryl methyl sites for hydroxylation is 1. The first kappa shape index (κ1) is 21.5. The maximum Gasteiger partial charge on any atom is 0.264 e. The van der Waals surface area contributed by atoms with Crippen molar-refractivity contribution in [1.29, 1.82) is 0 Å². The third-order valence-electron chi connectivity index (χ3n) is 7.37. The number of carbonyl (C=O) groups excluding carboxylic acids is 1. The molecule has 1 aromatic carbocycles. The second-order valence-corrected chi connectivity index (χ2v) is 10.7. The highest BCUT2D eigenvalue weighted by molar-refractivity contribution is 7.12. The van der Waals surface area contributed by atoms with E-state index in [1.165, 1.54) is 36.2 Å². The monoisotopic (exact) mass is 474 g/mol. The van der Waals surface area contributed by atoms with E-state index in [1.807, 2.05) is 22.4 Å². The van der Waals surface area contributed by atoms with Crippen molar-refractivity contribution >= 4 is 39.7 Å². The third-order valence-corrected chi connectivity index (χ3v) is 8.23. The van der Waals surface area contributed by atoms with E-state index in [9.17, 15) is 4.79 Å². The summed E-state index contributed by atoms with van der Waals surface area (Å²) < 4.78 is 2.22. The maximum atomic E-state index is 13.0. The van der Waals surface area contributed by atoms with Crippen LogP contribution in [0.25, 0.3) is 16.6 Å². The molecule has 8 heteroatoms. The Bertz CT molecular complexity index is 1340. The normalized spacial score (nSPS) is 19.9. The van der Waals surface area contributed by atoms with Gasteiger partial charge < -0.3 is 9.80 Å². The Hall–Kier alpha value is -3.00. The lowest BCUT2D eigenvalue weighted by Gasteiger charge is -2.40. The molecule has 4 heterocycles. The molecule has 1 amide bonds. The molecule has 0 N–H and O–H groups in total. The van der Waals surface area contributed by atoms with Gasteiger partial charge in [0.2, 0.25) is 5.95 Å². The summed E-state index contributed by atoms with van der Waals surface area (Å²) in [6.07, 6.45) is 6.11. The second-order valence-electron chi connectivity index (χ2n) is 9.76. The highest BCUT2D eigenvalue weighted by atomic mass is 32.1. The average molecular weight is 475 g/mol. The van der Waals surface area contributed by atoms with Crippen molar-refractivity contribution in [1.82, 2.24) is 24.5 Å². The molecule has 6 rings (SSSR count). The van der Waals surface area contributed by atoms with Crippen molar-refractivity contribution in [2.24, 2.45) is 0 Å². The third kappa shape index (κ3) is 3.64. The zero-order valence-corrected chi connectivity index (χ0v) is 20.6. The van der Waals surface area contributed by atoms with Gasteiger partial charge in [-0.05, 0) is 50.3 Å². The second kappa shape index (κ2) is 8.65. The number of aromatic nitrogens is 4. The number of hydrogen-bond donors (Lipinski definition) is 0. The fraction of sp³-hybridized carbons (Fsp3) is 0.462. The van der Waals surface area contributed by atoms with Gasteiger partial charge in [-0.15, -0.1) is 21.5 Å². The summed E-state index contributed by atoms with van der Waals surface area (Å²) in [5.74, 6) is 2.50. The van der Waals surface area contributed by atoms with Crippen LogP contribution in [0.15, 0.2) is 35.7 Å². The van der Waals surface area contributed by atoms with Crippen LogP contribution in [0, 0.1) is 6.92 Å². The van der Waals surface area contributed by atoms with Gasteiger partial charge in [-0.1, -0.05) is 37.0 Å². The van der Waals surface area contributed by atoms with E-state index in [1.54, 1.807) is 0 Å². The molecule has 1 aliphatic carbocycles. The lowest BCUT2D eigenvalue weighted by atomic mass is 9.89. The molecule has 0 bridgehead atoms. The minimum atomic E-state index is 0.0866. The first-order valence-corrected chi connectivity index (χ1v) is 13.2. The molecule has 7 nitrogen and oxygen atoms in total. The predicted octanol–water partition coefficient (Wildman–Crippen LogP) is 5.05. The highest BCUT2D eigenvalue weighted by Gasteiger charge is 2.32. The van der Waals surface area contributed by atoms with E-state index >= 15 is 0 Å². The Morgan fingerprint density at radius 2 is 1.94 bits per heavy atom. The van der Waals surface area contributed by atoms with E-state index in [2.05, 4.69) is 41.3 Å². The van der Waals surface area contributed by atoms with Gasteiger partial charge in [-0.3, -0.25) is 4.79 Å². The number of thiophene rings is 1. The van der Waals surface area contributed by atoms with Crippen LogP contribution in [0.4, 0.5) is 5.95 Å². The van der Waals surface area contributed by atoms with Gasteiger partial charge in [-0.2, -0.15) is 0 Å². The zero-order chi connectivity index (χ0) is 23.2. The summed E-state index contributed by atoms with van der Waals surface area (Å²) in [4.78, 5) is 23.3. The molecule has 3 aromatic heterocycles. The van der Waals surface area contributed by atoms with Gasteiger partial charge in [0.15, 0.2) is 5.65 Å². The lowest BCUT2D eigenvalue weighted by molar-refractivity contribution is 0.0678. The van der Waals surface area contributed by atoms with Gasteiger partial charge in [0.05, 0.1) is 10.4 Å². The summed E-state index contributed by atoms with van der Waals surface area (Å²) in [7, 11) is 0. The number of carbonyl (C=O) groups is 1. The molecule has 4 aromatic rings. The van der Waals surface area contributed by atoms with Crippen LogP contribution in [-0.4, -0.2) is 56.1 Å². The van der Waals surface area contributed by atoms with Crippen molar-refractivity contribution in [3.63, 3.8) is 0 Å². The Labute approximate surface area is 203 Å². The molecular weight excluding hydrogens is 444 g/mol. The summed E-state index contributed by atoms with van der Waals surface area (Å²) in [6.45, 7) is 6.39. The topological polar surface area (TPSA) is 66.6 Å². The number of benzene rings is 1. The summed E-state index contributed by atoms with van der Waals surface area (Å²) in [6, 6.07) is 10.3. The minimum Gasteiger partial charge on any atom is -0.338 e. The van der Waals surface area contributed by atoms with Crippen LogP contribution < -0.4 is 4.90 Å². The fourth-order valence-corrected chi connectivity index (χ4v) is 6.25. The van der Waals surface area contributed by atoms with Gasteiger partial charge in [0.25, 0.3) is 5.91 Å². The van der Waals surface area contributed by atoms with Crippen molar-refractivity contribution < 1.29 is 4.79 Å². The van der Waals surface area contributed by atoms with Crippen LogP contribution in [-0.2, 0) is 0 Å². The van der Waals surface area contributed by atoms with Gasteiger partial charge in [0, 0.05) is 37.0 Å². The number of anilines is 1. The van der Waals surface area contributed by atoms with E-state index in [0.29, 0.717) is 12.5 Å². The fourth-order valence-electron chi connectivity index (χ4n) is 5.57. The molecule has 34 heavy (non-hydrogen) atoms. The van der Waals surface area contributed by atoms with Crippen LogP contribution in [0.3, 0.4) is 0 Å². The standard InChI is InChI=1S/C26H30N6OS/c1-17-10-11-21-20(15-17)24-29-28-23(19-7-4-3-5-8-19)32(24)26(27-21)30-12-13-31(18(2)16-30)25(33)22-9-6-14-34-22/h6,9-11,14-15,18-19H,3-5,7-8,12-13,16H2,1-2H3/t18-/m1/s1. The molecule has 1 atom stereocenters. The van der Waals surface area contributed by atoms with Gasteiger partial charge in [0.1, 0.15) is 5.82 Å². The summed E-state index contributed by atoms with van der Waals surface area (Å²) in [5, 5.41) is 12.4. The van der Waals surface area contributed by atoms with Crippen LogP contribution in [0.2, 0.25) is 0 Å². The Balaban J connectivity index is 1.41. The first-order chi connectivity index (χ1) is 16.6. The van der Waals surface area contributed by atoms with Gasteiger partial charge in [-0.25, -0.2) is 9.38 Å². The molecular formula is C26H30N6OS. The number of rotatable bonds is 3. The van der Waals surface area contributed by atoms with Crippen LogP contribution >= 0.6 is 11.3 Å². The molecule has 2 aliphatic rings. The van der Waals surface area contributed by atoms with E-state index in [4.69, 9.17) is 15.2 Å². The first-order valence-electron chi connectivity index (χ1n) is 12.3. The summed E-state index contributed by atoms with van der Waals surface area (Å²) >= 11 is 1.51. The van der Waals surface area contributed by atoms with Crippen LogP contribution in [0.5, 0.6) is 0 Å². The minimum absolute atomic E-state index is 0.0866. The summed E-state index contributed by atoms with van der Waals surface area (Å²) in [5.41, 5.74) is 3.04. The predicted molar refractivity (Wildman–Crippen MR) is 136 cm³/mol. The molecule has 1 saturated heterocycles. The SMILES string of the molecule is Cc1ccc2nc(N3CCN(C(=O)c4cccs4)[C@H](C)C3)n3c(C4CCCCC4)nnc3c2c1. The molecule has 1 saturated carbocycles. The number of piperazine rings is 1. The number of hydrogen-bond acceptors (Lipinski definition) is 6. The molecule has 0 radical (unpaired) electrons. The molecule has 2 fully saturated rings. The smallest absolute Gasteiger partial charge is 0.264 e. The van der Waals surface area contributed by atoms with E-state index in [0.717, 1.165) is 59.1 Å². The quantitative estimate of drug-likeness (QED) is 0.416. The largest absolute Gasteiger partial charge is 0.338 e. The molecule has 0 unspecified atom stereocenters. The van der Waals surface area contributed by atoms with Crippen LogP contribution in [0.1, 0.15) is 66.0 Å². The number of nitrogens with zero attached hydrogens (tertiary/aromatic N) is 6. The van der Waals surface area contributed by atoms with Crippen molar-refractivity contribution in [3.8, 4) is 0 Å². The van der Waals surface area contributed by atoms with Gasteiger partial charge >= 0.3 is 0 Å². The maximum absolute atomic E-state index is 13.0. The van der Waals surface area contributed by atoms with Crippen molar-refractivity contribution in [3.05, 3.63) is 52.0 Å². The van der Waals surface area contributed by atoms with Crippen molar-refractivity contribution in [2.75, 3.05) is 24.5 Å². The Morgan fingerprint density at radius 1 is 1.09 bits per heavy atom. The number of fused-ring (bicyclic) bond motifs is 3. The van der Waals surface area contributed by atoms with Crippen molar-refractivity contribution in [2.45, 2.75) is 57.9 Å². The highest BCUT2D eigenvalue weighted by Crippen LogP contribution is 2.35. The Morgan fingerprint density at radius 3 is 2.71 bits per heavy atom. The zero-order valence-electron chi connectivity index (χ0n) is 19.8. The van der Waals surface area contributed by atoms with E-state index < -0.39 is 0 Å². The molecule has 176 valence electrons. The lowest BCUT2D eigenvalue weighted by Crippen LogP contribution is -2.54. The Kier molecular flexibility index (Phi) is 5.48.